The fraction of sp³-hybridized carbons (Fsp3) is 0.267. The minimum Gasteiger partial charge on any atom is -0.493 e. The summed E-state index contributed by atoms with van der Waals surface area (Å²) < 4.78 is 18.8. The zero-order valence-corrected chi connectivity index (χ0v) is 10.4. The SMILES string of the molecule is CCc1ccc(F)cc1OCCc1cccnc1. The standard InChI is InChI=1S/C15H16FNO/c1-2-13-5-6-14(16)10-15(13)18-9-7-12-4-3-8-17-11-12/h3-6,8,10-11H,2,7,9H2,1H3. The molecular formula is C15H16FNO. The first-order valence-corrected chi connectivity index (χ1v) is 6.09. The van der Waals surface area contributed by atoms with Crippen LogP contribution in [-0.2, 0) is 12.8 Å². The van der Waals surface area contributed by atoms with Gasteiger partial charge in [-0.1, -0.05) is 19.1 Å². The van der Waals surface area contributed by atoms with Gasteiger partial charge in [0.2, 0.25) is 0 Å². The quantitative estimate of drug-likeness (QED) is 0.805. The molecule has 1 heterocycles. The second-order valence-corrected chi connectivity index (χ2v) is 4.07. The van der Waals surface area contributed by atoms with E-state index in [0.717, 1.165) is 24.0 Å². The van der Waals surface area contributed by atoms with Crippen molar-refractivity contribution in [3.8, 4) is 5.75 Å². The number of benzene rings is 1. The van der Waals surface area contributed by atoms with Crippen molar-refractivity contribution in [1.29, 1.82) is 0 Å². The minimum absolute atomic E-state index is 0.261. The first kappa shape index (κ1) is 12.6. The van der Waals surface area contributed by atoms with Gasteiger partial charge in [-0.3, -0.25) is 4.98 Å². The van der Waals surface area contributed by atoms with Crippen molar-refractivity contribution in [3.05, 3.63) is 59.7 Å². The molecule has 0 bridgehead atoms. The molecule has 0 spiro atoms. The van der Waals surface area contributed by atoms with Crippen LogP contribution in [0.5, 0.6) is 5.75 Å². The molecule has 0 saturated heterocycles. The zero-order chi connectivity index (χ0) is 12.8. The smallest absolute Gasteiger partial charge is 0.126 e. The number of nitrogens with zero attached hydrogens (tertiary/aromatic N) is 1. The molecule has 2 aromatic rings. The summed E-state index contributed by atoms with van der Waals surface area (Å²) in [7, 11) is 0. The van der Waals surface area contributed by atoms with Crippen LogP contribution in [-0.4, -0.2) is 11.6 Å². The average molecular weight is 245 g/mol. The predicted molar refractivity (Wildman–Crippen MR) is 69.2 cm³/mol. The lowest BCUT2D eigenvalue weighted by Gasteiger charge is -2.10. The minimum atomic E-state index is -0.261. The van der Waals surface area contributed by atoms with E-state index in [0.29, 0.717) is 12.4 Å². The van der Waals surface area contributed by atoms with Crippen LogP contribution in [0.3, 0.4) is 0 Å². The number of hydrogen-bond acceptors (Lipinski definition) is 2. The van der Waals surface area contributed by atoms with Crippen LogP contribution in [0, 0.1) is 5.82 Å². The molecule has 0 aliphatic rings. The van der Waals surface area contributed by atoms with E-state index in [2.05, 4.69) is 4.98 Å². The number of aryl methyl sites for hydroxylation is 1. The normalized spacial score (nSPS) is 10.3. The van der Waals surface area contributed by atoms with Gasteiger partial charge in [-0.2, -0.15) is 0 Å². The Hall–Kier alpha value is -1.90. The Morgan fingerprint density at radius 1 is 1.28 bits per heavy atom. The molecule has 94 valence electrons. The number of ether oxygens (including phenoxy) is 1. The third kappa shape index (κ3) is 3.29. The van der Waals surface area contributed by atoms with E-state index in [4.69, 9.17) is 4.74 Å². The van der Waals surface area contributed by atoms with Gasteiger partial charge in [0, 0.05) is 24.9 Å². The van der Waals surface area contributed by atoms with Crippen LogP contribution in [0.1, 0.15) is 18.1 Å². The lowest BCUT2D eigenvalue weighted by atomic mass is 10.1. The van der Waals surface area contributed by atoms with E-state index >= 15 is 0 Å². The summed E-state index contributed by atoms with van der Waals surface area (Å²) in [5, 5.41) is 0. The molecule has 0 atom stereocenters. The van der Waals surface area contributed by atoms with Gasteiger partial charge >= 0.3 is 0 Å². The zero-order valence-electron chi connectivity index (χ0n) is 10.4. The summed E-state index contributed by atoms with van der Waals surface area (Å²) in [6, 6.07) is 8.58. The summed E-state index contributed by atoms with van der Waals surface area (Å²) in [6.07, 6.45) is 5.16. The maximum absolute atomic E-state index is 13.1. The van der Waals surface area contributed by atoms with Crippen molar-refractivity contribution >= 4 is 0 Å². The first-order chi connectivity index (χ1) is 8.79. The molecule has 0 radical (unpaired) electrons. The number of hydrogen-bond donors (Lipinski definition) is 0. The second-order valence-electron chi connectivity index (χ2n) is 4.07. The van der Waals surface area contributed by atoms with Gasteiger partial charge in [0.15, 0.2) is 0 Å². The molecule has 0 fully saturated rings. The highest BCUT2D eigenvalue weighted by molar-refractivity contribution is 5.34. The number of rotatable bonds is 5. The topological polar surface area (TPSA) is 22.1 Å². The monoisotopic (exact) mass is 245 g/mol. The molecule has 0 aliphatic carbocycles. The van der Waals surface area contributed by atoms with Gasteiger partial charge < -0.3 is 4.74 Å². The third-order valence-electron chi connectivity index (χ3n) is 2.78. The van der Waals surface area contributed by atoms with E-state index in [1.807, 2.05) is 25.3 Å². The van der Waals surface area contributed by atoms with E-state index < -0.39 is 0 Å². The van der Waals surface area contributed by atoms with Gasteiger partial charge in [-0.15, -0.1) is 0 Å². The summed E-state index contributed by atoms with van der Waals surface area (Å²) in [5.74, 6) is 0.380. The van der Waals surface area contributed by atoms with Crippen LogP contribution in [0.25, 0.3) is 0 Å². The Balaban J connectivity index is 1.96. The summed E-state index contributed by atoms with van der Waals surface area (Å²) in [5.41, 5.74) is 2.15. The van der Waals surface area contributed by atoms with Crippen LogP contribution in [0.2, 0.25) is 0 Å². The van der Waals surface area contributed by atoms with Crippen molar-refractivity contribution in [2.75, 3.05) is 6.61 Å². The second kappa shape index (κ2) is 6.15. The molecule has 0 N–H and O–H groups in total. The van der Waals surface area contributed by atoms with Crippen molar-refractivity contribution in [2.45, 2.75) is 19.8 Å². The lowest BCUT2D eigenvalue weighted by Crippen LogP contribution is -2.03. The molecule has 2 nitrogen and oxygen atoms in total. The molecule has 2 rings (SSSR count). The predicted octanol–water partition coefficient (Wildman–Crippen LogP) is 3.40. The van der Waals surface area contributed by atoms with Gasteiger partial charge in [0.1, 0.15) is 11.6 Å². The Kier molecular flexibility index (Phi) is 4.29. The molecule has 3 heteroatoms. The number of aromatic nitrogens is 1. The van der Waals surface area contributed by atoms with E-state index in [1.54, 1.807) is 12.3 Å². The van der Waals surface area contributed by atoms with E-state index in [1.165, 1.54) is 12.1 Å². The highest BCUT2D eigenvalue weighted by Crippen LogP contribution is 2.20. The fourth-order valence-corrected chi connectivity index (χ4v) is 1.78. The summed E-state index contributed by atoms with van der Waals surface area (Å²) >= 11 is 0. The highest BCUT2D eigenvalue weighted by atomic mass is 19.1. The Morgan fingerprint density at radius 2 is 2.17 bits per heavy atom. The Bertz CT molecular complexity index is 499. The Morgan fingerprint density at radius 3 is 2.89 bits per heavy atom. The third-order valence-corrected chi connectivity index (χ3v) is 2.78. The number of pyridine rings is 1. The Labute approximate surface area is 106 Å². The molecule has 1 aromatic heterocycles. The molecule has 18 heavy (non-hydrogen) atoms. The van der Waals surface area contributed by atoms with Crippen molar-refractivity contribution < 1.29 is 9.13 Å². The van der Waals surface area contributed by atoms with Crippen molar-refractivity contribution in [3.63, 3.8) is 0 Å². The van der Waals surface area contributed by atoms with Crippen LogP contribution >= 0.6 is 0 Å². The average Bonchev–Trinajstić information content (AvgIpc) is 2.40. The highest BCUT2D eigenvalue weighted by Gasteiger charge is 2.04. The fourth-order valence-electron chi connectivity index (χ4n) is 1.78. The molecule has 0 aliphatic heterocycles. The van der Waals surface area contributed by atoms with Crippen LogP contribution < -0.4 is 4.74 Å². The van der Waals surface area contributed by atoms with Gasteiger partial charge in [-0.05, 0) is 29.7 Å². The maximum Gasteiger partial charge on any atom is 0.126 e. The lowest BCUT2D eigenvalue weighted by molar-refractivity contribution is 0.317. The molecule has 0 saturated carbocycles. The number of halogens is 1. The summed E-state index contributed by atoms with van der Waals surface area (Å²) in [6.45, 7) is 2.56. The summed E-state index contributed by atoms with van der Waals surface area (Å²) in [4.78, 5) is 4.04. The van der Waals surface area contributed by atoms with Gasteiger partial charge in [0.05, 0.1) is 6.61 Å². The van der Waals surface area contributed by atoms with E-state index in [-0.39, 0.29) is 5.82 Å². The van der Waals surface area contributed by atoms with E-state index in [9.17, 15) is 4.39 Å². The van der Waals surface area contributed by atoms with Gasteiger partial charge in [-0.25, -0.2) is 4.39 Å². The molecule has 0 amide bonds. The maximum atomic E-state index is 13.1. The van der Waals surface area contributed by atoms with Crippen LogP contribution in [0.4, 0.5) is 4.39 Å². The largest absolute Gasteiger partial charge is 0.493 e. The molecule has 1 aromatic carbocycles. The molecular weight excluding hydrogens is 229 g/mol. The van der Waals surface area contributed by atoms with Crippen molar-refractivity contribution in [1.82, 2.24) is 4.98 Å². The van der Waals surface area contributed by atoms with Gasteiger partial charge in [0.25, 0.3) is 0 Å². The van der Waals surface area contributed by atoms with Crippen molar-refractivity contribution in [2.24, 2.45) is 0 Å². The first-order valence-electron chi connectivity index (χ1n) is 6.09. The molecule has 0 unspecified atom stereocenters. The van der Waals surface area contributed by atoms with Crippen LogP contribution in [0.15, 0.2) is 42.7 Å².